The lowest BCUT2D eigenvalue weighted by molar-refractivity contribution is 0.0749. The van der Waals surface area contributed by atoms with E-state index in [1.54, 1.807) is 12.3 Å². The topological polar surface area (TPSA) is 45.5 Å². The fraction of sp³-hybridized carbons (Fsp3) is 0.643. The highest BCUT2D eigenvalue weighted by molar-refractivity contribution is 5.95. The summed E-state index contributed by atoms with van der Waals surface area (Å²) in [4.78, 5) is 14.4. The van der Waals surface area contributed by atoms with Gasteiger partial charge in [0, 0.05) is 25.6 Å². The predicted molar refractivity (Wildman–Crippen MR) is 70.7 cm³/mol. The molecule has 0 saturated carbocycles. The van der Waals surface area contributed by atoms with E-state index in [0.29, 0.717) is 6.04 Å². The van der Waals surface area contributed by atoms with E-state index < -0.39 is 0 Å². The van der Waals surface area contributed by atoms with Gasteiger partial charge in [-0.3, -0.25) is 4.79 Å². The molecule has 0 radical (unpaired) electrons. The Kier molecular flexibility index (Phi) is 4.42. The van der Waals surface area contributed by atoms with Crippen LogP contribution >= 0.6 is 0 Å². The summed E-state index contributed by atoms with van der Waals surface area (Å²) in [6, 6.07) is 2.23. The molecule has 0 aliphatic carbocycles. The number of furan rings is 1. The Morgan fingerprint density at radius 2 is 2.39 bits per heavy atom. The van der Waals surface area contributed by atoms with Gasteiger partial charge in [0.15, 0.2) is 0 Å². The number of carbonyl (C=O) groups is 1. The average molecular weight is 250 g/mol. The molecule has 2 heterocycles. The van der Waals surface area contributed by atoms with E-state index in [1.807, 2.05) is 18.7 Å². The van der Waals surface area contributed by atoms with Gasteiger partial charge in [-0.2, -0.15) is 0 Å². The summed E-state index contributed by atoms with van der Waals surface area (Å²) in [5.74, 6) is 0.884. The monoisotopic (exact) mass is 250 g/mol. The van der Waals surface area contributed by atoms with Crippen molar-refractivity contribution in [3.63, 3.8) is 0 Å². The van der Waals surface area contributed by atoms with Gasteiger partial charge in [-0.1, -0.05) is 6.92 Å². The van der Waals surface area contributed by atoms with Gasteiger partial charge in [0.2, 0.25) is 0 Å². The number of hydrogen-bond acceptors (Lipinski definition) is 3. The van der Waals surface area contributed by atoms with Crippen molar-refractivity contribution in [3.05, 3.63) is 23.7 Å². The molecule has 1 aromatic rings. The third kappa shape index (κ3) is 2.75. The molecule has 1 N–H and O–H groups in total. The molecular formula is C14H22N2O2. The van der Waals surface area contributed by atoms with Gasteiger partial charge in [-0.25, -0.2) is 0 Å². The third-order valence-electron chi connectivity index (χ3n) is 3.57. The second kappa shape index (κ2) is 6.05. The van der Waals surface area contributed by atoms with Crippen LogP contribution in [0.1, 0.15) is 42.8 Å². The fourth-order valence-electron chi connectivity index (χ4n) is 2.51. The van der Waals surface area contributed by atoms with Gasteiger partial charge in [-0.05, 0) is 32.4 Å². The zero-order chi connectivity index (χ0) is 13.0. The summed E-state index contributed by atoms with van der Waals surface area (Å²) in [6.07, 6.45) is 4.74. The first-order valence-electron chi connectivity index (χ1n) is 6.85. The maximum Gasteiger partial charge on any atom is 0.257 e. The average Bonchev–Trinajstić information content (AvgIpc) is 3.05. The maximum atomic E-state index is 12.4. The van der Waals surface area contributed by atoms with E-state index in [1.165, 1.54) is 6.42 Å². The van der Waals surface area contributed by atoms with Crippen molar-refractivity contribution >= 4 is 5.91 Å². The van der Waals surface area contributed by atoms with E-state index in [-0.39, 0.29) is 5.91 Å². The van der Waals surface area contributed by atoms with Crippen molar-refractivity contribution in [3.8, 4) is 0 Å². The Morgan fingerprint density at radius 1 is 1.56 bits per heavy atom. The number of carbonyl (C=O) groups excluding carboxylic acids is 1. The molecule has 1 unspecified atom stereocenters. The fourth-order valence-corrected chi connectivity index (χ4v) is 2.51. The maximum absolute atomic E-state index is 12.4. The number of amides is 1. The molecule has 0 spiro atoms. The molecule has 0 aromatic carbocycles. The lowest BCUT2D eigenvalue weighted by atomic mass is 10.1. The summed E-state index contributed by atoms with van der Waals surface area (Å²) in [5.41, 5.74) is 0.720. The van der Waals surface area contributed by atoms with E-state index in [0.717, 1.165) is 43.8 Å². The smallest absolute Gasteiger partial charge is 0.257 e. The van der Waals surface area contributed by atoms with Crippen molar-refractivity contribution in [1.82, 2.24) is 10.2 Å². The first kappa shape index (κ1) is 13.1. The Balaban J connectivity index is 2.04. The van der Waals surface area contributed by atoms with Crippen molar-refractivity contribution < 1.29 is 9.21 Å². The normalized spacial score (nSPS) is 19.1. The van der Waals surface area contributed by atoms with E-state index in [4.69, 9.17) is 4.42 Å². The highest BCUT2D eigenvalue weighted by Gasteiger charge is 2.23. The van der Waals surface area contributed by atoms with Crippen LogP contribution in [0.25, 0.3) is 0 Å². The number of rotatable bonds is 5. The minimum Gasteiger partial charge on any atom is -0.469 e. The Hall–Kier alpha value is -1.29. The molecule has 1 atom stereocenters. The molecule has 4 heteroatoms. The highest BCUT2D eigenvalue weighted by atomic mass is 16.3. The molecule has 4 nitrogen and oxygen atoms in total. The van der Waals surface area contributed by atoms with Crippen LogP contribution in [0.5, 0.6) is 0 Å². The largest absolute Gasteiger partial charge is 0.469 e. The zero-order valence-corrected chi connectivity index (χ0v) is 11.2. The number of nitrogens with one attached hydrogen (secondary N) is 1. The summed E-state index contributed by atoms with van der Waals surface area (Å²) < 4.78 is 5.34. The predicted octanol–water partition coefficient (Wildman–Crippen LogP) is 2.06. The van der Waals surface area contributed by atoms with Crippen molar-refractivity contribution in [2.75, 3.05) is 19.6 Å². The van der Waals surface area contributed by atoms with Gasteiger partial charge in [0.05, 0.1) is 11.8 Å². The van der Waals surface area contributed by atoms with Crippen LogP contribution in [-0.4, -0.2) is 36.5 Å². The lowest BCUT2D eigenvalue weighted by Gasteiger charge is -2.24. The van der Waals surface area contributed by atoms with E-state index >= 15 is 0 Å². The molecule has 1 aliphatic rings. The number of aryl methyl sites for hydroxylation is 1. The Bertz CT molecular complexity index is 394. The van der Waals surface area contributed by atoms with Gasteiger partial charge >= 0.3 is 0 Å². The molecule has 1 aliphatic heterocycles. The second-order valence-corrected chi connectivity index (χ2v) is 4.75. The van der Waals surface area contributed by atoms with Gasteiger partial charge < -0.3 is 14.6 Å². The molecule has 2 rings (SSSR count). The SMILES string of the molecule is CCc1occc1C(=O)N(CC)CC1CCCN1. The standard InChI is InChI=1S/C14H22N2O2/c1-3-13-12(7-9-18-13)14(17)16(4-2)10-11-6-5-8-15-11/h7,9,11,15H,3-6,8,10H2,1-2H3. The van der Waals surface area contributed by atoms with Crippen LogP contribution < -0.4 is 5.32 Å². The Morgan fingerprint density at radius 3 is 3.00 bits per heavy atom. The van der Waals surface area contributed by atoms with Gasteiger partial charge in [0.25, 0.3) is 5.91 Å². The van der Waals surface area contributed by atoms with Crippen molar-refractivity contribution in [1.29, 1.82) is 0 Å². The molecule has 1 aromatic heterocycles. The summed E-state index contributed by atoms with van der Waals surface area (Å²) in [5, 5.41) is 3.43. The molecule has 1 saturated heterocycles. The number of hydrogen-bond donors (Lipinski definition) is 1. The van der Waals surface area contributed by atoms with Crippen LogP contribution in [0, 0.1) is 0 Å². The zero-order valence-electron chi connectivity index (χ0n) is 11.2. The van der Waals surface area contributed by atoms with Crippen LogP contribution in [0.15, 0.2) is 16.7 Å². The highest BCUT2D eigenvalue weighted by Crippen LogP contribution is 2.15. The van der Waals surface area contributed by atoms with Crippen molar-refractivity contribution in [2.45, 2.75) is 39.2 Å². The lowest BCUT2D eigenvalue weighted by Crippen LogP contribution is -2.41. The quantitative estimate of drug-likeness (QED) is 0.870. The molecule has 1 amide bonds. The first-order chi connectivity index (χ1) is 8.76. The molecular weight excluding hydrogens is 228 g/mol. The van der Waals surface area contributed by atoms with Crippen LogP contribution in [0.2, 0.25) is 0 Å². The van der Waals surface area contributed by atoms with Gasteiger partial charge in [0.1, 0.15) is 5.76 Å². The minimum absolute atomic E-state index is 0.0943. The second-order valence-electron chi connectivity index (χ2n) is 4.75. The summed E-state index contributed by atoms with van der Waals surface area (Å²) >= 11 is 0. The summed E-state index contributed by atoms with van der Waals surface area (Å²) in [6.45, 7) is 6.64. The van der Waals surface area contributed by atoms with Crippen LogP contribution in [0.4, 0.5) is 0 Å². The molecule has 18 heavy (non-hydrogen) atoms. The Labute approximate surface area is 108 Å². The van der Waals surface area contributed by atoms with Crippen LogP contribution in [0.3, 0.4) is 0 Å². The molecule has 100 valence electrons. The minimum atomic E-state index is 0.0943. The third-order valence-corrected chi connectivity index (χ3v) is 3.57. The van der Waals surface area contributed by atoms with Crippen molar-refractivity contribution in [2.24, 2.45) is 0 Å². The first-order valence-corrected chi connectivity index (χ1v) is 6.85. The van der Waals surface area contributed by atoms with Gasteiger partial charge in [-0.15, -0.1) is 0 Å². The number of nitrogens with zero attached hydrogens (tertiary/aromatic N) is 1. The van der Waals surface area contributed by atoms with Crippen LogP contribution in [-0.2, 0) is 6.42 Å². The van der Waals surface area contributed by atoms with E-state index in [9.17, 15) is 4.79 Å². The molecule has 0 bridgehead atoms. The van der Waals surface area contributed by atoms with E-state index in [2.05, 4.69) is 5.32 Å². The summed E-state index contributed by atoms with van der Waals surface area (Å²) in [7, 11) is 0. The number of likely N-dealkylation sites (N-methyl/N-ethyl adjacent to an activating group) is 1. The molecule has 1 fully saturated rings.